The van der Waals surface area contributed by atoms with E-state index in [1.54, 1.807) is 20.8 Å². The number of benzene rings is 2. The molecular formula is C25H30N2O6. The van der Waals surface area contributed by atoms with Crippen molar-refractivity contribution in [2.45, 2.75) is 51.4 Å². The average molecular weight is 455 g/mol. The van der Waals surface area contributed by atoms with Crippen molar-refractivity contribution in [3.05, 3.63) is 65.7 Å². The Bertz CT molecular complexity index is 998. The number of carbonyl (C=O) groups is 2. The largest absolute Gasteiger partial charge is 0.489 e. The van der Waals surface area contributed by atoms with Crippen LogP contribution in [0.2, 0.25) is 0 Å². The standard InChI is InChI=1S/C25H30N2O6/c1-24(2,3)33-23(29)27-16-20(26-30)15-25(27,22(28)31-4)14-18-10-12-21(13-11-18)32-17-19-8-6-5-7-9-19/h5-13,30H,14-17H2,1-4H3/b26-20-/t25-/m0/s1. The van der Waals surface area contributed by atoms with Gasteiger partial charge in [-0.15, -0.1) is 0 Å². The Kier molecular flexibility index (Phi) is 7.26. The van der Waals surface area contributed by atoms with Crippen LogP contribution in [0.5, 0.6) is 5.75 Å². The van der Waals surface area contributed by atoms with E-state index in [0.717, 1.165) is 11.1 Å². The van der Waals surface area contributed by atoms with Crippen molar-refractivity contribution in [1.82, 2.24) is 4.90 Å². The molecular weight excluding hydrogens is 424 g/mol. The van der Waals surface area contributed by atoms with E-state index in [4.69, 9.17) is 14.2 Å². The van der Waals surface area contributed by atoms with Crippen LogP contribution in [0.4, 0.5) is 4.79 Å². The van der Waals surface area contributed by atoms with Gasteiger partial charge >= 0.3 is 12.1 Å². The van der Waals surface area contributed by atoms with E-state index in [1.807, 2.05) is 54.6 Å². The lowest BCUT2D eigenvalue weighted by Gasteiger charge is -2.36. The first-order valence-corrected chi connectivity index (χ1v) is 10.7. The van der Waals surface area contributed by atoms with Gasteiger partial charge in [-0.2, -0.15) is 0 Å². The average Bonchev–Trinajstić information content (AvgIpc) is 3.17. The van der Waals surface area contributed by atoms with Crippen molar-refractivity contribution in [2.24, 2.45) is 5.16 Å². The monoisotopic (exact) mass is 454 g/mol. The van der Waals surface area contributed by atoms with Gasteiger partial charge in [-0.3, -0.25) is 4.90 Å². The van der Waals surface area contributed by atoms with E-state index in [1.165, 1.54) is 12.0 Å². The zero-order valence-corrected chi connectivity index (χ0v) is 19.4. The van der Waals surface area contributed by atoms with Crippen molar-refractivity contribution in [3.63, 3.8) is 0 Å². The summed E-state index contributed by atoms with van der Waals surface area (Å²) in [5.41, 5.74) is 0.0104. The lowest BCUT2D eigenvalue weighted by Crippen LogP contribution is -2.56. The van der Waals surface area contributed by atoms with Gasteiger partial charge in [0.15, 0.2) is 5.54 Å². The predicted octanol–water partition coefficient (Wildman–Crippen LogP) is 4.19. The lowest BCUT2D eigenvalue weighted by molar-refractivity contribution is -0.153. The number of oxime groups is 1. The Labute approximate surface area is 193 Å². The number of hydrogen-bond donors (Lipinski definition) is 1. The highest BCUT2D eigenvalue weighted by molar-refractivity contribution is 6.01. The summed E-state index contributed by atoms with van der Waals surface area (Å²) in [5.74, 6) is 0.0826. The van der Waals surface area contributed by atoms with Crippen molar-refractivity contribution < 1.29 is 29.0 Å². The number of rotatable bonds is 6. The van der Waals surface area contributed by atoms with Gasteiger partial charge in [0.2, 0.25) is 0 Å². The zero-order chi connectivity index (χ0) is 24.1. The topological polar surface area (TPSA) is 97.7 Å². The van der Waals surface area contributed by atoms with Crippen LogP contribution < -0.4 is 4.74 Å². The molecule has 1 aliphatic heterocycles. The van der Waals surface area contributed by atoms with E-state index in [9.17, 15) is 14.8 Å². The highest BCUT2D eigenvalue weighted by atomic mass is 16.6. The molecule has 2 aromatic carbocycles. The molecule has 176 valence electrons. The van der Waals surface area contributed by atoms with E-state index in [0.29, 0.717) is 18.1 Å². The van der Waals surface area contributed by atoms with Gasteiger partial charge in [0, 0.05) is 12.8 Å². The molecule has 0 aliphatic carbocycles. The minimum Gasteiger partial charge on any atom is -0.489 e. The number of methoxy groups -OCH3 is 1. The summed E-state index contributed by atoms with van der Waals surface area (Å²) in [7, 11) is 1.27. The van der Waals surface area contributed by atoms with Crippen LogP contribution in [0.3, 0.4) is 0 Å². The molecule has 1 aliphatic rings. The summed E-state index contributed by atoms with van der Waals surface area (Å²) >= 11 is 0. The van der Waals surface area contributed by atoms with Crippen LogP contribution in [0, 0.1) is 0 Å². The molecule has 1 amide bonds. The molecule has 1 fully saturated rings. The van der Waals surface area contributed by atoms with Gasteiger partial charge in [-0.25, -0.2) is 9.59 Å². The molecule has 0 bridgehead atoms. The number of likely N-dealkylation sites (tertiary alicyclic amines) is 1. The van der Waals surface area contributed by atoms with Crippen molar-refractivity contribution in [3.8, 4) is 5.75 Å². The minimum atomic E-state index is -1.38. The van der Waals surface area contributed by atoms with Gasteiger partial charge in [-0.05, 0) is 44.0 Å². The third kappa shape index (κ3) is 5.83. The molecule has 0 saturated carbocycles. The first-order valence-electron chi connectivity index (χ1n) is 10.7. The molecule has 33 heavy (non-hydrogen) atoms. The fourth-order valence-electron chi connectivity index (χ4n) is 3.83. The smallest absolute Gasteiger partial charge is 0.411 e. The van der Waals surface area contributed by atoms with Crippen molar-refractivity contribution in [1.29, 1.82) is 0 Å². The normalized spacial score (nSPS) is 19.4. The fraction of sp³-hybridized carbons (Fsp3) is 0.400. The number of hydrogen-bond acceptors (Lipinski definition) is 7. The number of nitrogens with zero attached hydrogens (tertiary/aromatic N) is 2. The predicted molar refractivity (Wildman–Crippen MR) is 122 cm³/mol. The van der Waals surface area contributed by atoms with E-state index < -0.39 is 23.2 Å². The number of esters is 1. The second-order valence-electron chi connectivity index (χ2n) is 9.03. The van der Waals surface area contributed by atoms with E-state index >= 15 is 0 Å². The fourth-order valence-corrected chi connectivity index (χ4v) is 3.83. The molecule has 0 unspecified atom stereocenters. The summed E-state index contributed by atoms with van der Waals surface area (Å²) < 4.78 is 16.4. The van der Waals surface area contributed by atoms with Gasteiger partial charge < -0.3 is 19.4 Å². The van der Waals surface area contributed by atoms with E-state index in [-0.39, 0.29) is 19.4 Å². The van der Waals surface area contributed by atoms with Crippen LogP contribution in [0.15, 0.2) is 59.8 Å². The Balaban J connectivity index is 1.82. The third-order valence-electron chi connectivity index (χ3n) is 5.34. The Morgan fingerprint density at radius 1 is 1.06 bits per heavy atom. The maximum atomic E-state index is 13.0. The molecule has 1 atom stereocenters. The Hall–Kier alpha value is -3.55. The lowest BCUT2D eigenvalue weighted by atomic mass is 9.87. The number of ether oxygens (including phenoxy) is 3. The van der Waals surface area contributed by atoms with Gasteiger partial charge in [0.1, 0.15) is 18.0 Å². The SMILES string of the molecule is COC(=O)[C@]1(Cc2ccc(OCc3ccccc3)cc2)C/C(=N/O)CN1C(=O)OC(C)(C)C. The second kappa shape index (κ2) is 9.94. The van der Waals surface area contributed by atoms with E-state index in [2.05, 4.69) is 5.16 Å². The van der Waals surface area contributed by atoms with Crippen LogP contribution in [0.25, 0.3) is 0 Å². The second-order valence-corrected chi connectivity index (χ2v) is 9.03. The summed E-state index contributed by atoms with van der Waals surface area (Å²) in [6, 6.07) is 17.1. The maximum Gasteiger partial charge on any atom is 0.411 e. The molecule has 0 radical (unpaired) electrons. The Morgan fingerprint density at radius 3 is 2.30 bits per heavy atom. The maximum absolute atomic E-state index is 13.0. The van der Waals surface area contributed by atoms with Crippen LogP contribution in [0.1, 0.15) is 38.3 Å². The molecule has 0 aromatic heterocycles. The molecule has 8 heteroatoms. The van der Waals surface area contributed by atoms with Gasteiger partial charge in [0.05, 0.1) is 19.4 Å². The molecule has 8 nitrogen and oxygen atoms in total. The summed E-state index contributed by atoms with van der Waals surface area (Å²) in [6.07, 6.45) is -0.465. The molecule has 0 spiro atoms. The number of carbonyl (C=O) groups excluding carboxylic acids is 2. The minimum absolute atomic E-state index is 0.0290. The zero-order valence-electron chi connectivity index (χ0n) is 19.4. The van der Waals surface area contributed by atoms with Crippen molar-refractivity contribution >= 4 is 17.8 Å². The van der Waals surface area contributed by atoms with Crippen LogP contribution in [-0.2, 0) is 27.3 Å². The molecule has 1 saturated heterocycles. The summed E-state index contributed by atoms with van der Waals surface area (Å²) in [5, 5.41) is 12.7. The van der Waals surface area contributed by atoms with Gasteiger partial charge in [-0.1, -0.05) is 47.6 Å². The number of amides is 1. The Morgan fingerprint density at radius 2 is 1.73 bits per heavy atom. The summed E-state index contributed by atoms with van der Waals surface area (Å²) in [4.78, 5) is 27.2. The highest BCUT2D eigenvalue weighted by Crippen LogP contribution is 2.35. The van der Waals surface area contributed by atoms with Gasteiger partial charge in [0.25, 0.3) is 0 Å². The van der Waals surface area contributed by atoms with Crippen LogP contribution in [-0.4, -0.2) is 52.7 Å². The molecule has 3 rings (SSSR count). The van der Waals surface area contributed by atoms with Crippen LogP contribution >= 0.6 is 0 Å². The first kappa shape index (κ1) is 24.1. The highest BCUT2D eigenvalue weighted by Gasteiger charge is 2.54. The summed E-state index contributed by atoms with van der Waals surface area (Å²) in [6.45, 7) is 5.65. The first-order chi connectivity index (χ1) is 15.7. The molecule has 1 heterocycles. The quantitative estimate of drug-likeness (QED) is 0.399. The van der Waals surface area contributed by atoms with Crippen molar-refractivity contribution in [2.75, 3.05) is 13.7 Å². The molecule has 1 N–H and O–H groups in total. The molecule has 2 aromatic rings. The third-order valence-corrected chi connectivity index (χ3v) is 5.34.